The smallest absolute Gasteiger partial charge is 0.257 e. The molecule has 0 aromatic carbocycles. The van der Waals surface area contributed by atoms with Crippen LogP contribution in [0.15, 0.2) is 18.3 Å². The summed E-state index contributed by atoms with van der Waals surface area (Å²) in [6.45, 7) is 3.87. The SMILES string of the molecule is CC(=O)N1CCN2C(=O)[C@@H]3C[C@@H](CN3C3CCCC3)NC(=O)c3cccnc3OC[C@@H]2C1. The van der Waals surface area contributed by atoms with Gasteiger partial charge in [-0.25, -0.2) is 4.98 Å². The number of amides is 3. The molecule has 1 aromatic rings. The highest BCUT2D eigenvalue weighted by Gasteiger charge is 2.45. The Morgan fingerprint density at radius 1 is 1.16 bits per heavy atom. The van der Waals surface area contributed by atoms with Crippen LogP contribution < -0.4 is 10.1 Å². The van der Waals surface area contributed by atoms with E-state index in [4.69, 9.17) is 4.74 Å². The number of pyridine rings is 1. The van der Waals surface area contributed by atoms with Crippen molar-refractivity contribution in [3.05, 3.63) is 23.9 Å². The van der Waals surface area contributed by atoms with Gasteiger partial charge in [0.05, 0.1) is 12.1 Å². The van der Waals surface area contributed by atoms with Crippen LogP contribution in [0, 0.1) is 0 Å². The van der Waals surface area contributed by atoms with E-state index in [9.17, 15) is 14.4 Å². The number of carbonyl (C=O) groups excluding carboxylic acids is 3. The van der Waals surface area contributed by atoms with Gasteiger partial charge in [0.15, 0.2) is 0 Å². The Morgan fingerprint density at radius 3 is 2.75 bits per heavy atom. The van der Waals surface area contributed by atoms with Crippen LogP contribution in [0.1, 0.15) is 49.4 Å². The monoisotopic (exact) mass is 441 g/mol. The van der Waals surface area contributed by atoms with E-state index >= 15 is 0 Å². The second kappa shape index (κ2) is 8.69. The van der Waals surface area contributed by atoms with E-state index in [1.54, 1.807) is 30.2 Å². The van der Waals surface area contributed by atoms with Gasteiger partial charge in [-0.15, -0.1) is 0 Å². The number of likely N-dealkylation sites (tertiary alicyclic amines) is 1. The average molecular weight is 442 g/mol. The predicted molar refractivity (Wildman–Crippen MR) is 116 cm³/mol. The Bertz CT molecular complexity index is 902. The van der Waals surface area contributed by atoms with Gasteiger partial charge in [0, 0.05) is 51.4 Å². The highest BCUT2D eigenvalue weighted by atomic mass is 16.5. The number of carbonyl (C=O) groups is 3. The fourth-order valence-electron chi connectivity index (χ4n) is 5.73. The van der Waals surface area contributed by atoms with Crippen LogP contribution in [-0.2, 0) is 9.59 Å². The van der Waals surface area contributed by atoms with Gasteiger partial charge in [-0.3, -0.25) is 19.3 Å². The first-order chi connectivity index (χ1) is 15.5. The van der Waals surface area contributed by atoms with Gasteiger partial charge < -0.3 is 19.9 Å². The van der Waals surface area contributed by atoms with Crippen molar-refractivity contribution in [2.24, 2.45) is 0 Å². The Labute approximate surface area is 188 Å². The summed E-state index contributed by atoms with van der Waals surface area (Å²) in [6.07, 6.45) is 6.77. The average Bonchev–Trinajstić information content (AvgIpc) is 3.46. The molecule has 0 radical (unpaired) electrons. The second-order valence-electron chi connectivity index (χ2n) is 9.37. The van der Waals surface area contributed by atoms with E-state index < -0.39 is 0 Å². The van der Waals surface area contributed by atoms with Crippen LogP contribution >= 0.6 is 0 Å². The fraction of sp³-hybridized carbons (Fsp3) is 0.652. The first kappa shape index (κ1) is 21.2. The molecular formula is C23H31N5O4. The molecule has 4 heterocycles. The van der Waals surface area contributed by atoms with Crippen molar-refractivity contribution >= 4 is 17.7 Å². The fourth-order valence-corrected chi connectivity index (χ4v) is 5.73. The summed E-state index contributed by atoms with van der Waals surface area (Å²) in [7, 11) is 0. The molecule has 9 heteroatoms. The Morgan fingerprint density at radius 2 is 1.97 bits per heavy atom. The lowest BCUT2D eigenvalue weighted by molar-refractivity contribution is -0.147. The van der Waals surface area contributed by atoms with Gasteiger partial charge in [-0.05, 0) is 31.4 Å². The summed E-state index contributed by atoms with van der Waals surface area (Å²) in [6, 6.07) is 3.21. The third-order valence-corrected chi connectivity index (χ3v) is 7.39. The van der Waals surface area contributed by atoms with Crippen LogP contribution in [0.25, 0.3) is 0 Å². The van der Waals surface area contributed by atoms with E-state index in [2.05, 4.69) is 15.2 Å². The molecule has 0 spiro atoms. The molecule has 172 valence electrons. The number of ether oxygens (including phenoxy) is 1. The number of piperazine rings is 1. The maximum absolute atomic E-state index is 13.8. The van der Waals surface area contributed by atoms with Gasteiger partial charge in [0.1, 0.15) is 12.2 Å². The second-order valence-corrected chi connectivity index (χ2v) is 9.37. The zero-order chi connectivity index (χ0) is 22.2. The predicted octanol–water partition coefficient (Wildman–Crippen LogP) is 0.649. The number of rotatable bonds is 1. The maximum Gasteiger partial charge on any atom is 0.257 e. The third kappa shape index (κ3) is 3.94. The molecule has 1 aliphatic carbocycles. The van der Waals surface area contributed by atoms with Crippen molar-refractivity contribution < 1.29 is 19.1 Å². The molecule has 1 N–H and O–H groups in total. The maximum atomic E-state index is 13.8. The van der Waals surface area contributed by atoms with Crippen LogP contribution in [0.4, 0.5) is 0 Å². The van der Waals surface area contributed by atoms with Crippen LogP contribution in [0.2, 0.25) is 0 Å². The molecule has 2 saturated heterocycles. The minimum absolute atomic E-state index is 0.00497. The lowest BCUT2D eigenvalue weighted by Crippen LogP contribution is -2.61. The quantitative estimate of drug-likeness (QED) is 0.688. The number of hydrogen-bond acceptors (Lipinski definition) is 6. The Balaban J connectivity index is 1.49. The molecular weight excluding hydrogens is 410 g/mol. The number of nitrogens with zero attached hydrogens (tertiary/aromatic N) is 4. The highest BCUT2D eigenvalue weighted by molar-refractivity contribution is 5.96. The van der Waals surface area contributed by atoms with Crippen LogP contribution in [-0.4, -0.2) is 94.4 Å². The van der Waals surface area contributed by atoms with E-state index in [-0.39, 0.29) is 48.3 Å². The molecule has 0 unspecified atom stereocenters. The van der Waals surface area contributed by atoms with Gasteiger partial charge in [-0.2, -0.15) is 0 Å². The number of nitrogens with one attached hydrogen (secondary N) is 1. The van der Waals surface area contributed by atoms with Gasteiger partial charge in [0.2, 0.25) is 17.7 Å². The Hall–Kier alpha value is -2.68. The Kier molecular flexibility index (Phi) is 5.75. The van der Waals surface area contributed by atoms with Gasteiger partial charge in [-0.1, -0.05) is 12.8 Å². The minimum Gasteiger partial charge on any atom is -0.475 e. The van der Waals surface area contributed by atoms with E-state index in [1.165, 1.54) is 12.8 Å². The topological polar surface area (TPSA) is 95.1 Å². The molecule has 3 amide bonds. The summed E-state index contributed by atoms with van der Waals surface area (Å²) < 4.78 is 5.98. The zero-order valence-electron chi connectivity index (χ0n) is 18.5. The molecule has 32 heavy (non-hydrogen) atoms. The zero-order valence-corrected chi connectivity index (χ0v) is 18.5. The molecule has 1 saturated carbocycles. The van der Waals surface area contributed by atoms with E-state index in [1.807, 2.05) is 4.90 Å². The summed E-state index contributed by atoms with van der Waals surface area (Å²) in [5, 5.41) is 3.13. The normalized spacial score (nSPS) is 29.5. The van der Waals surface area contributed by atoms with E-state index in [0.717, 1.165) is 12.8 Å². The summed E-state index contributed by atoms with van der Waals surface area (Å²) in [5.74, 6) is 0.131. The first-order valence-electron chi connectivity index (χ1n) is 11.7. The highest BCUT2D eigenvalue weighted by Crippen LogP contribution is 2.32. The molecule has 5 rings (SSSR count). The summed E-state index contributed by atoms with van der Waals surface area (Å²) in [4.78, 5) is 49.2. The van der Waals surface area contributed by atoms with Crippen molar-refractivity contribution in [1.82, 2.24) is 25.0 Å². The lowest BCUT2D eigenvalue weighted by Gasteiger charge is -2.43. The molecule has 3 aliphatic heterocycles. The summed E-state index contributed by atoms with van der Waals surface area (Å²) >= 11 is 0. The number of fused-ring (bicyclic) bond motifs is 4. The van der Waals surface area contributed by atoms with Crippen LogP contribution in [0.3, 0.4) is 0 Å². The number of aromatic nitrogens is 1. The lowest BCUT2D eigenvalue weighted by atomic mass is 10.1. The van der Waals surface area contributed by atoms with Crippen molar-refractivity contribution in [1.29, 1.82) is 0 Å². The molecule has 3 atom stereocenters. The van der Waals surface area contributed by atoms with Crippen LogP contribution in [0.5, 0.6) is 5.88 Å². The summed E-state index contributed by atoms with van der Waals surface area (Å²) in [5.41, 5.74) is 0.404. The molecule has 3 fully saturated rings. The molecule has 1 aromatic heterocycles. The van der Waals surface area contributed by atoms with Gasteiger partial charge in [0.25, 0.3) is 5.91 Å². The largest absolute Gasteiger partial charge is 0.475 e. The van der Waals surface area contributed by atoms with Crippen molar-refractivity contribution in [3.8, 4) is 5.88 Å². The molecule has 4 aliphatic rings. The van der Waals surface area contributed by atoms with Crippen molar-refractivity contribution in [2.45, 2.75) is 63.2 Å². The van der Waals surface area contributed by atoms with Gasteiger partial charge >= 0.3 is 0 Å². The molecule has 2 bridgehead atoms. The first-order valence-corrected chi connectivity index (χ1v) is 11.7. The standard InChI is InChI=1S/C23H31N5O4/c1-15(29)26-9-10-27-18(13-26)14-32-22-19(7-4-8-24-22)21(30)25-16-11-20(23(27)31)28(12-16)17-5-2-3-6-17/h4,7-8,16-18,20H,2-3,5-6,9-14H2,1H3,(H,25,30)/t16-,18-,20-/m0/s1. The third-order valence-electron chi connectivity index (χ3n) is 7.39. The van der Waals surface area contributed by atoms with Crippen molar-refractivity contribution in [3.63, 3.8) is 0 Å². The minimum atomic E-state index is -0.276. The number of hydrogen-bond donors (Lipinski definition) is 1. The van der Waals surface area contributed by atoms with E-state index in [0.29, 0.717) is 44.2 Å². The molecule has 9 nitrogen and oxygen atoms in total. The van der Waals surface area contributed by atoms with Crippen molar-refractivity contribution in [2.75, 3.05) is 32.8 Å².